The van der Waals surface area contributed by atoms with Gasteiger partial charge in [-0.3, -0.25) is 0 Å². The fourth-order valence-electron chi connectivity index (χ4n) is 0.807. The summed E-state index contributed by atoms with van der Waals surface area (Å²) < 4.78 is 21.2. The number of nitrogens with two attached hydrogens (primary N) is 1. The Kier molecular flexibility index (Phi) is 6.20. The third-order valence-electron chi connectivity index (χ3n) is 1.21. The van der Waals surface area contributed by atoms with Gasteiger partial charge in [-0.2, -0.15) is 0 Å². The first-order valence-electron chi connectivity index (χ1n) is 4.85. The zero-order valence-corrected chi connectivity index (χ0v) is 10.3. The molecule has 0 spiro atoms. The first kappa shape index (κ1) is 14.1. The topological polar surface area (TPSA) is 60.2 Å². The van der Waals surface area contributed by atoms with Crippen molar-refractivity contribution in [1.29, 1.82) is 0 Å². The van der Waals surface area contributed by atoms with Crippen molar-refractivity contribution in [2.45, 2.75) is 26.5 Å². The first-order valence-corrected chi connectivity index (χ1v) is 6.57. The summed E-state index contributed by atoms with van der Waals surface area (Å²) in [5.74, 6) is 0.744. The minimum Gasteiger partial charge on any atom is -0.228 e. The maximum absolute atomic E-state index is 10.6. The predicted molar refractivity (Wildman–Crippen MR) is 63.8 cm³/mol. The molecule has 15 heavy (non-hydrogen) atoms. The van der Waals surface area contributed by atoms with E-state index in [2.05, 4.69) is 20.8 Å². The Morgan fingerprint density at radius 2 is 1.53 bits per heavy atom. The van der Waals surface area contributed by atoms with Crippen LogP contribution >= 0.6 is 0 Å². The number of primary sulfonamides is 1. The Morgan fingerprint density at radius 3 is 1.87 bits per heavy atom. The largest absolute Gasteiger partial charge is 0.228 e. The minimum absolute atomic E-state index is 0.0894. The minimum atomic E-state index is -3.38. The molecule has 0 fully saturated rings. The van der Waals surface area contributed by atoms with E-state index in [1.807, 2.05) is 6.07 Å². The molecule has 0 aliphatic heterocycles. The molecule has 4 heteroatoms. The average Bonchev–Trinajstić information content (AvgIpc) is 2.01. The molecule has 0 aliphatic carbocycles. The van der Waals surface area contributed by atoms with E-state index in [1.54, 1.807) is 24.3 Å². The highest BCUT2D eigenvalue weighted by Gasteiger charge is 2.02. The Morgan fingerprint density at radius 1 is 1.13 bits per heavy atom. The van der Waals surface area contributed by atoms with Crippen LogP contribution in [0.4, 0.5) is 0 Å². The second-order valence-electron chi connectivity index (χ2n) is 4.02. The normalized spacial score (nSPS) is 10.7. The van der Waals surface area contributed by atoms with Gasteiger partial charge in [0.15, 0.2) is 0 Å². The molecule has 0 heterocycles. The van der Waals surface area contributed by atoms with Crippen LogP contribution in [0.2, 0.25) is 0 Å². The van der Waals surface area contributed by atoms with Crippen LogP contribution in [0.15, 0.2) is 30.3 Å². The van der Waals surface area contributed by atoms with Crippen molar-refractivity contribution in [2.75, 3.05) is 0 Å². The van der Waals surface area contributed by atoms with Gasteiger partial charge in [-0.1, -0.05) is 51.1 Å². The molecule has 0 aliphatic rings. The van der Waals surface area contributed by atoms with Gasteiger partial charge in [0.05, 0.1) is 5.75 Å². The van der Waals surface area contributed by atoms with E-state index >= 15 is 0 Å². The Hall–Kier alpha value is -0.870. The maximum Gasteiger partial charge on any atom is 0.213 e. The van der Waals surface area contributed by atoms with Crippen molar-refractivity contribution < 1.29 is 8.42 Å². The number of hydrogen-bond donors (Lipinski definition) is 1. The van der Waals surface area contributed by atoms with E-state index in [0.717, 1.165) is 11.5 Å². The van der Waals surface area contributed by atoms with Gasteiger partial charge >= 0.3 is 0 Å². The highest BCUT2D eigenvalue weighted by Crippen LogP contribution is 2.01. The molecule has 1 rings (SSSR count). The van der Waals surface area contributed by atoms with Gasteiger partial charge in [-0.05, 0) is 11.5 Å². The van der Waals surface area contributed by atoms with Crippen LogP contribution in [0.25, 0.3) is 0 Å². The first-order chi connectivity index (χ1) is 6.81. The molecule has 1 aromatic carbocycles. The van der Waals surface area contributed by atoms with Gasteiger partial charge in [-0.25, -0.2) is 13.6 Å². The lowest BCUT2D eigenvalue weighted by atomic mass is 10.2. The number of sulfonamides is 1. The van der Waals surface area contributed by atoms with Gasteiger partial charge in [0.1, 0.15) is 0 Å². The van der Waals surface area contributed by atoms with Crippen molar-refractivity contribution >= 4 is 10.0 Å². The summed E-state index contributed by atoms with van der Waals surface area (Å²) >= 11 is 0. The SMILES string of the molecule is CC(C)C.NS(=O)(=O)Cc1ccccc1. The monoisotopic (exact) mass is 229 g/mol. The molecule has 2 N–H and O–H groups in total. The molecule has 0 saturated heterocycles. The highest BCUT2D eigenvalue weighted by atomic mass is 32.2. The van der Waals surface area contributed by atoms with Crippen molar-refractivity contribution in [3.8, 4) is 0 Å². The second kappa shape index (κ2) is 6.58. The van der Waals surface area contributed by atoms with Gasteiger partial charge < -0.3 is 0 Å². The maximum atomic E-state index is 10.6. The van der Waals surface area contributed by atoms with E-state index in [1.165, 1.54) is 0 Å². The lowest BCUT2D eigenvalue weighted by molar-refractivity contribution is 0.597. The molecule has 0 radical (unpaired) electrons. The summed E-state index contributed by atoms with van der Waals surface area (Å²) in [7, 11) is -3.38. The van der Waals surface area contributed by atoms with E-state index in [0.29, 0.717) is 0 Å². The quantitative estimate of drug-likeness (QED) is 0.844. The third-order valence-corrected chi connectivity index (χ3v) is 1.95. The molecule has 0 unspecified atom stereocenters. The molecule has 1 aromatic rings. The molecule has 0 amide bonds. The Balaban J connectivity index is 0.000000423. The summed E-state index contributed by atoms with van der Waals surface area (Å²) in [4.78, 5) is 0. The zero-order chi connectivity index (χ0) is 11.9. The van der Waals surface area contributed by atoms with Crippen LogP contribution < -0.4 is 5.14 Å². The standard InChI is InChI=1S/C7H9NO2S.C4H10/c8-11(9,10)6-7-4-2-1-3-5-7;1-4(2)3/h1-5H,6H2,(H2,8,9,10);4H,1-3H3. The van der Waals surface area contributed by atoms with Gasteiger partial charge in [-0.15, -0.1) is 0 Å². The van der Waals surface area contributed by atoms with Crippen molar-refractivity contribution in [2.24, 2.45) is 11.1 Å². The Bertz CT molecular complexity index is 355. The predicted octanol–water partition coefficient (Wildman–Crippen LogP) is 2.14. The second-order valence-corrected chi connectivity index (χ2v) is 5.64. The van der Waals surface area contributed by atoms with Crippen molar-refractivity contribution in [3.05, 3.63) is 35.9 Å². The number of rotatable bonds is 2. The number of hydrogen-bond acceptors (Lipinski definition) is 2. The lowest BCUT2D eigenvalue weighted by Crippen LogP contribution is -2.14. The molecule has 0 saturated carbocycles. The molecule has 0 aromatic heterocycles. The van der Waals surface area contributed by atoms with E-state index in [-0.39, 0.29) is 5.75 Å². The zero-order valence-electron chi connectivity index (χ0n) is 9.47. The smallest absolute Gasteiger partial charge is 0.213 e. The van der Waals surface area contributed by atoms with Crippen LogP contribution in [0.3, 0.4) is 0 Å². The summed E-state index contributed by atoms with van der Waals surface area (Å²) in [5, 5.41) is 4.84. The van der Waals surface area contributed by atoms with Crippen molar-refractivity contribution in [3.63, 3.8) is 0 Å². The van der Waals surface area contributed by atoms with Crippen molar-refractivity contribution in [1.82, 2.24) is 0 Å². The van der Waals surface area contributed by atoms with Gasteiger partial charge in [0, 0.05) is 0 Å². The van der Waals surface area contributed by atoms with Gasteiger partial charge in [0.2, 0.25) is 10.0 Å². The molecule has 3 nitrogen and oxygen atoms in total. The summed E-state index contributed by atoms with van der Waals surface area (Å²) in [6.07, 6.45) is 0. The third kappa shape index (κ3) is 11.1. The van der Waals surface area contributed by atoms with Crippen LogP contribution in [0.5, 0.6) is 0 Å². The summed E-state index contributed by atoms with van der Waals surface area (Å²) in [5.41, 5.74) is 0.718. The molecule has 0 bridgehead atoms. The average molecular weight is 229 g/mol. The molecular weight excluding hydrogens is 210 g/mol. The highest BCUT2D eigenvalue weighted by molar-refractivity contribution is 7.88. The summed E-state index contributed by atoms with van der Waals surface area (Å²) in [6, 6.07) is 8.84. The van der Waals surface area contributed by atoms with Crippen LogP contribution in [-0.2, 0) is 15.8 Å². The molecule has 86 valence electrons. The number of benzene rings is 1. The lowest BCUT2D eigenvalue weighted by Gasteiger charge is -1.96. The fourth-order valence-corrected chi connectivity index (χ4v) is 1.46. The molecular formula is C11H19NO2S. The van der Waals surface area contributed by atoms with E-state index in [4.69, 9.17) is 5.14 Å². The Labute approximate surface area is 92.4 Å². The van der Waals surface area contributed by atoms with Gasteiger partial charge in [0.25, 0.3) is 0 Å². The van der Waals surface area contributed by atoms with E-state index < -0.39 is 10.0 Å². The van der Waals surface area contributed by atoms with Crippen LogP contribution in [0, 0.1) is 5.92 Å². The van der Waals surface area contributed by atoms with Crippen LogP contribution in [-0.4, -0.2) is 8.42 Å². The summed E-state index contributed by atoms with van der Waals surface area (Å²) in [6.45, 7) is 6.50. The molecule has 0 atom stereocenters. The van der Waals surface area contributed by atoms with Crippen LogP contribution in [0.1, 0.15) is 26.3 Å². The fraction of sp³-hybridized carbons (Fsp3) is 0.455. The van der Waals surface area contributed by atoms with E-state index in [9.17, 15) is 8.42 Å².